The molecule has 0 amide bonds. The molecule has 0 fully saturated rings. The van der Waals surface area contributed by atoms with E-state index >= 15 is 0 Å². The summed E-state index contributed by atoms with van der Waals surface area (Å²) in [6.45, 7) is 0. The van der Waals surface area contributed by atoms with Gasteiger partial charge in [0.05, 0.1) is 6.42 Å². The van der Waals surface area contributed by atoms with Crippen LogP contribution in [0.3, 0.4) is 0 Å². The first-order valence-corrected chi connectivity index (χ1v) is 4.26. The molecule has 5 heteroatoms. The minimum Gasteiger partial charge on any atom is -0.475 e. The smallest absolute Gasteiger partial charge is 0.372 e. The Kier molecular flexibility index (Phi) is 3.68. The molecule has 1 rings (SSSR count). The van der Waals surface area contributed by atoms with Gasteiger partial charge >= 0.3 is 5.97 Å². The highest BCUT2D eigenvalue weighted by Crippen LogP contribution is 2.00. The Bertz CT molecular complexity index is 386. The molecule has 5 nitrogen and oxygen atoms in total. The molecule has 0 radical (unpaired) electrons. The maximum Gasteiger partial charge on any atom is 0.372 e. The second kappa shape index (κ2) is 4.99. The molecule has 1 aromatic rings. The highest BCUT2D eigenvalue weighted by Gasteiger charge is 2.16. The van der Waals surface area contributed by atoms with Crippen LogP contribution in [0.4, 0.5) is 0 Å². The minimum atomic E-state index is -1.57. The van der Waals surface area contributed by atoms with Gasteiger partial charge in [0, 0.05) is 18.8 Å². The maximum absolute atomic E-state index is 11.2. The lowest BCUT2D eigenvalue weighted by atomic mass is 10.1. The number of Topliss-reactive ketones (excluding diaryl/α,β-unsaturated/α-hetero) is 2. The number of hydrogen-bond acceptors (Lipinski definition) is 4. The molecule has 0 saturated carbocycles. The molecule has 0 aliphatic carbocycles. The Morgan fingerprint density at radius 1 is 1.20 bits per heavy atom. The van der Waals surface area contributed by atoms with Crippen LogP contribution in [0.2, 0.25) is 0 Å². The SMILES string of the molecule is O=C(CC(=O)C(=O)O)Cc1ccncc1. The monoisotopic (exact) mass is 207 g/mol. The van der Waals surface area contributed by atoms with Crippen LogP contribution in [0.1, 0.15) is 12.0 Å². The van der Waals surface area contributed by atoms with Crippen molar-refractivity contribution >= 4 is 17.5 Å². The summed E-state index contributed by atoms with van der Waals surface area (Å²) in [6.07, 6.45) is 2.56. The van der Waals surface area contributed by atoms with Crippen molar-refractivity contribution in [1.29, 1.82) is 0 Å². The normalized spacial score (nSPS) is 9.60. The quantitative estimate of drug-likeness (QED) is 0.552. The van der Waals surface area contributed by atoms with E-state index < -0.39 is 24.0 Å². The number of rotatable bonds is 5. The zero-order valence-corrected chi connectivity index (χ0v) is 7.84. The zero-order valence-electron chi connectivity index (χ0n) is 7.84. The van der Waals surface area contributed by atoms with Crippen molar-refractivity contribution in [2.45, 2.75) is 12.8 Å². The van der Waals surface area contributed by atoms with Crippen LogP contribution in [0.15, 0.2) is 24.5 Å². The molecule has 0 aromatic carbocycles. The Labute approximate surface area is 85.8 Å². The number of aliphatic carboxylic acids is 1. The molecule has 78 valence electrons. The van der Waals surface area contributed by atoms with E-state index in [4.69, 9.17) is 5.11 Å². The lowest BCUT2D eigenvalue weighted by molar-refractivity contribution is -0.150. The largest absolute Gasteiger partial charge is 0.475 e. The predicted molar refractivity (Wildman–Crippen MR) is 50.2 cm³/mol. The molecule has 0 bridgehead atoms. The van der Waals surface area contributed by atoms with E-state index in [1.807, 2.05) is 0 Å². The Balaban J connectivity index is 2.51. The topological polar surface area (TPSA) is 84.3 Å². The maximum atomic E-state index is 11.2. The zero-order chi connectivity index (χ0) is 11.3. The molecule has 1 N–H and O–H groups in total. The highest BCUT2D eigenvalue weighted by molar-refractivity contribution is 6.36. The molecule has 0 aliphatic heterocycles. The molecule has 0 atom stereocenters. The Morgan fingerprint density at radius 2 is 1.80 bits per heavy atom. The van der Waals surface area contributed by atoms with Gasteiger partial charge in [0.25, 0.3) is 0 Å². The third-order valence-corrected chi connectivity index (χ3v) is 1.75. The van der Waals surface area contributed by atoms with Gasteiger partial charge in [-0.1, -0.05) is 0 Å². The van der Waals surface area contributed by atoms with Gasteiger partial charge in [-0.05, 0) is 17.7 Å². The summed E-state index contributed by atoms with van der Waals surface area (Å²) < 4.78 is 0. The van der Waals surface area contributed by atoms with Crippen molar-refractivity contribution in [3.8, 4) is 0 Å². The lowest BCUT2D eigenvalue weighted by Gasteiger charge is -1.98. The molecule has 0 unspecified atom stereocenters. The first-order chi connectivity index (χ1) is 7.09. The number of carbonyl (C=O) groups excluding carboxylic acids is 2. The van der Waals surface area contributed by atoms with Gasteiger partial charge in [0.2, 0.25) is 5.78 Å². The van der Waals surface area contributed by atoms with Crippen LogP contribution in [0.5, 0.6) is 0 Å². The first-order valence-electron chi connectivity index (χ1n) is 4.26. The third-order valence-electron chi connectivity index (χ3n) is 1.75. The van der Waals surface area contributed by atoms with E-state index in [0.29, 0.717) is 5.56 Å². The van der Waals surface area contributed by atoms with E-state index in [9.17, 15) is 14.4 Å². The van der Waals surface area contributed by atoms with E-state index in [-0.39, 0.29) is 6.42 Å². The number of aromatic nitrogens is 1. The number of carboxylic acid groups (broad SMARTS) is 1. The van der Waals surface area contributed by atoms with Crippen LogP contribution in [-0.2, 0) is 20.8 Å². The molecule has 0 saturated heterocycles. The van der Waals surface area contributed by atoms with Gasteiger partial charge in [-0.2, -0.15) is 0 Å². The molecule has 1 aromatic heterocycles. The molecule has 0 spiro atoms. The summed E-state index contributed by atoms with van der Waals surface area (Å²) in [5.41, 5.74) is 0.716. The van der Waals surface area contributed by atoms with E-state index in [1.165, 1.54) is 12.4 Å². The van der Waals surface area contributed by atoms with Crippen LogP contribution >= 0.6 is 0 Å². The molecule has 1 heterocycles. The lowest BCUT2D eigenvalue weighted by Crippen LogP contribution is -2.18. The fourth-order valence-corrected chi connectivity index (χ4v) is 1.05. The summed E-state index contributed by atoms with van der Waals surface area (Å²) in [6, 6.07) is 3.28. The predicted octanol–water partition coefficient (Wildman–Crippen LogP) is 0.237. The van der Waals surface area contributed by atoms with Crippen LogP contribution in [-0.4, -0.2) is 27.6 Å². The molecular formula is C10H9NO4. The van der Waals surface area contributed by atoms with Crippen molar-refractivity contribution in [2.75, 3.05) is 0 Å². The number of pyridine rings is 1. The van der Waals surface area contributed by atoms with Gasteiger partial charge in [-0.15, -0.1) is 0 Å². The fraction of sp³-hybridized carbons (Fsp3) is 0.200. The Morgan fingerprint density at radius 3 is 2.33 bits per heavy atom. The second-order valence-electron chi connectivity index (χ2n) is 2.98. The van der Waals surface area contributed by atoms with Crippen LogP contribution in [0.25, 0.3) is 0 Å². The van der Waals surface area contributed by atoms with Crippen molar-refractivity contribution in [1.82, 2.24) is 4.98 Å². The van der Waals surface area contributed by atoms with E-state index in [1.54, 1.807) is 12.1 Å². The van der Waals surface area contributed by atoms with Gasteiger partial charge in [0.15, 0.2) is 0 Å². The molecular weight excluding hydrogens is 198 g/mol. The highest BCUT2D eigenvalue weighted by atomic mass is 16.4. The van der Waals surface area contributed by atoms with Gasteiger partial charge in [-0.3, -0.25) is 14.6 Å². The third kappa shape index (κ3) is 3.68. The summed E-state index contributed by atoms with van der Waals surface area (Å²) in [5, 5.41) is 8.29. The molecule has 0 aliphatic rings. The average molecular weight is 207 g/mol. The van der Waals surface area contributed by atoms with Crippen LogP contribution in [0, 0.1) is 0 Å². The van der Waals surface area contributed by atoms with E-state index in [0.717, 1.165) is 0 Å². The number of carboxylic acids is 1. The van der Waals surface area contributed by atoms with Crippen molar-refractivity contribution in [3.63, 3.8) is 0 Å². The van der Waals surface area contributed by atoms with Gasteiger partial charge < -0.3 is 5.11 Å². The van der Waals surface area contributed by atoms with E-state index in [2.05, 4.69) is 4.98 Å². The van der Waals surface area contributed by atoms with Gasteiger partial charge in [0.1, 0.15) is 5.78 Å². The number of ketones is 2. The van der Waals surface area contributed by atoms with Crippen LogP contribution < -0.4 is 0 Å². The number of hydrogen-bond donors (Lipinski definition) is 1. The standard InChI is InChI=1S/C10H9NO4/c12-8(6-9(13)10(14)15)5-7-1-3-11-4-2-7/h1-4H,5-6H2,(H,14,15). The van der Waals surface area contributed by atoms with Gasteiger partial charge in [-0.25, -0.2) is 4.79 Å². The van der Waals surface area contributed by atoms with Crippen molar-refractivity contribution < 1.29 is 19.5 Å². The summed E-state index contributed by atoms with van der Waals surface area (Å²) >= 11 is 0. The Hall–Kier alpha value is -2.04. The van der Waals surface area contributed by atoms with Crippen molar-refractivity contribution in [3.05, 3.63) is 30.1 Å². The molecule has 15 heavy (non-hydrogen) atoms. The first kappa shape index (κ1) is 11.0. The summed E-state index contributed by atoms with van der Waals surface area (Å²) in [5.74, 6) is -3.05. The fourth-order valence-electron chi connectivity index (χ4n) is 1.05. The average Bonchev–Trinajstić information content (AvgIpc) is 2.18. The van der Waals surface area contributed by atoms with Crippen molar-refractivity contribution in [2.24, 2.45) is 0 Å². The number of carbonyl (C=O) groups is 3. The second-order valence-corrected chi connectivity index (χ2v) is 2.98. The number of nitrogens with zero attached hydrogens (tertiary/aromatic N) is 1. The minimum absolute atomic E-state index is 0.0571. The summed E-state index contributed by atoms with van der Waals surface area (Å²) in [4.78, 5) is 35.9. The summed E-state index contributed by atoms with van der Waals surface area (Å²) in [7, 11) is 0.